The maximum atomic E-state index is 8.24. The summed E-state index contributed by atoms with van der Waals surface area (Å²) in [7, 11) is -45.3. The third-order valence-corrected chi connectivity index (χ3v) is 99.4. The molecule has 0 aromatic rings. The molecule has 16 nitrogen and oxygen atoms in total. The third kappa shape index (κ3) is 57.8. The molecule has 0 aromatic carbocycles. The molecular weight excluding hydrogens is 1690 g/mol. The minimum Gasteiger partial charge on any atom is -0.461 e. The molecule has 0 bridgehead atoms. The first-order valence-corrected chi connectivity index (χ1v) is 107. The first-order chi connectivity index (χ1) is 45.3. The predicted molar refractivity (Wildman–Crippen MR) is 513 cm³/mol. The largest absolute Gasteiger partial charge is 0.469 e. The minimum atomic E-state index is -3.54. The molecule has 0 atom stereocenters. The average molecular weight is 1870 g/mol. The molecule has 41 heteroatoms. The summed E-state index contributed by atoms with van der Waals surface area (Å²) >= 11 is 0. The van der Waals surface area contributed by atoms with Gasteiger partial charge in [0.25, 0.3) is 0 Å². The van der Waals surface area contributed by atoms with Crippen molar-refractivity contribution in [2.24, 2.45) is 0 Å². The Morgan fingerprint density at radius 1 is 0.167 bits per heavy atom. The van der Waals surface area contributed by atoms with E-state index >= 15 is 0 Å². The van der Waals surface area contributed by atoms with Gasteiger partial charge in [0, 0.05) is 25.2 Å². The van der Waals surface area contributed by atoms with Gasteiger partial charge < -0.3 is 66.2 Å². The summed E-state index contributed by atoms with van der Waals surface area (Å²) in [5.74, 6) is 0. The van der Waals surface area contributed by atoms with Crippen molar-refractivity contribution in [3.63, 3.8) is 0 Å². The van der Waals surface area contributed by atoms with Crippen LogP contribution in [0.4, 0.5) is 0 Å². The van der Waals surface area contributed by atoms with Crippen molar-refractivity contribution in [3.8, 4) is 0 Å². The first-order valence-electron chi connectivity index (χ1n) is 40.0. The summed E-state index contributed by atoms with van der Waals surface area (Å²) in [6, 6.07) is 18.6. The zero-order valence-corrected chi connectivity index (χ0v) is 103. The Hall–Kier alpha value is 4.78. The number of rotatable bonds is 61. The Kier molecular flexibility index (Phi) is 46.5. The highest BCUT2D eigenvalue weighted by molar-refractivity contribution is 6.95. The van der Waals surface area contributed by atoms with Crippen molar-refractivity contribution in [1.82, 2.24) is 0 Å². The summed E-state index contributed by atoms with van der Waals surface area (Å²) in [5, 5.41) is 0. The van der Waals surface area contributed by atoms with Gasteiger partial charge in [-0.2, -0.15) is 0 Å². The molecule has 614 valence electrons. The van der Waals surface area contributed by atoms with Crippen molar-refractivity contribution >= 4 is 218 Å². The number of hydrogen-bond acceptors (Lipinski definition) is 16. The highest BCUT2D eigenvalue weighted by Gasteiger charge is 2.57. The van der Waals surface area contributed by atoms with Crippen molar-refractivity contribution in [1.29, 1.82) is 0 Å². The lowest BCUT2D eigenvalue weighted by Gasteiger charge is -2.47. The van der Waals surface area contributed by atoms with Gasteiger partial charge in [-0.25, -0.2) is 0 Å². The van der Waals surface area contributed by atoms with E-state index in [1.807, 2.05) is 7.11 Å². The van der Waals surface area contributed by atoms with E-state index in [1.54, 1.807) is 0 Å². The predicted octanol–water partition coefficient (Wildman–Crippen LogP) is 18.6. The minimum absolute atomic E-state index is 0.490. The maximum Gasteiger partial charge on any atom is 0.469 e. The molecule has 102 heavy (non-hydrogen) atoms. The molecule has 0 spiro atoms. The third-order valence-electron chi connectivity index (χ3n) is 17.0. The fourth-order valence-corrected chi connectivity index (χ4v) is 103. The van der Waals surface area contributed by atoms with Gasteiger partial charge in [0.2, 0.25) is 0 Å². The Bertz CT molecular complexity index is 2190. The zero-order valence-electron chi connectivity index (χ0n) is 75.1. The van der Waals surface area contributed by atoms with Crippen LogP contribution in [0, 0.1) is 0 Å². The van der Waals surface area contributed by atoms with Crippen LogP contribution in [0.5, 0.6) is 0 Å². The molecule has 0 fully saturated rings. The summed E-state index contributed by atoms with van der Waals surface area (Å²) in [6.45, 7) is 92.5. The molecule has 0 aromatic heterocycles. The first kappa shape index (κ1) is 107. The van der Waals surface area contributed by atoms with Gasteiger partial charge >= 0.3 is 26.4 Å². The highest BCUT2D eigenvalue weighted by Crippen LogP contribution is 2.41. The van der Waals surface area contributed by atoms with Crippen LogP contribution in [-0.2, 0) is 66.2 Å². The molecular formula is C61H174O16Si25. The van der Waals surface area contributed by atoms with E-state index in [0.29, 0.717) is 0 Å². The summed E-state index contributed by atoms with van der Waals surface area (Å²) in [4.78, 5) is 0. The van der Waals surface area contributed by atoms with Crippen molar-refractivity contribution in [2.75, 3.05) is 7.11 Å². The van der Waals surface area contributed by atoms with Gasteiger partial charge in [-0.1, -0.05) is 12.8 Å². The van der Waals surface area contributed by atoms with E-state index in [-0.39, 0.29) is 0 Å². The molecule has 0 aliphatic carbocycles. The molecule has 0 N–H and O–H groups in total. The fourth-order valence-electron chi connectivity index (χ4n) is 12.3. The van der Waals surface area contributed by atoms with E-state index in [2.05, 4.69) is 255 Å². The highest BCUT2D eigenvalue weighted by atomic mass is 28.5. The molecule has 0 radical (unpaired) electrons. The SMILES string of the molecule is CO[Si](C)(C)CC[Si](O[Si](C)(C)CCC[SiH2]O[Si](C)(C)CC[SiH2]O[Si](C)(C)C)(O[Si](C)(C)CCC[SiH2]O[Si](C)(C)CC[SiH2]O[Si](C)(C)C)O[Si](C)(C)CCC[Si](O[Si](C)(C)CC[SiH2]O[Si](C)(C)C)(O[Si](C)(C)CC[SiH2]O[Si](C)(C)C)O[Si](C)(C)CC[Si](O[Si](C)(C)C)(O[Si](C)(C)C)O[Si](C)(C)C. The van der Waals surface area contributed by atoms with Crippen molar-refractivity contribution in [3.05, 3.63) is 0 Å². The van der Waals surface area contributed by atoms with Gasteiger partial charge in [-0.3, -0.25) is 0 Å². The number of hydrogen-bond donors (Lipinski definition) is 0. The lowest BCUT2D eigenvalue weighted by molar-refractivity contribution is 0.239. The molecule has 0 amide bonds. The Labute approximate surface area is 668 Å². The van der Waals surface area contributed by atoms with Gasteiger partial charge in [0.1, 0.15) is 58.6 Å². The zero-order chi connectivity index (χ0) is 79.9. The van der Waals surface area contributed by atoms with E-state index in [9.17, 15) is 0 Å². The van der Waals surface area contributed by atoms with Gasteiger partial charge in [-0.15, -0.1) is 0 Å². The van der Waals surface area contributed by atoms with Crippen LogP contribution in [0.2, 0.25) is 364 Å². The molecule has 0 aliphatic rings. The smallest absolute Gasteiger partial charge is 0.461 e. The van der Waals surface area contributed by atoms with Crippen LogP contribution >= 0.6 is 0 Å². The van der Waals surface area contributed by atoms with Crippen LogP contribution in [0.1, 0.15) is 19.3 Å². The second-order valence-corrected chi connectivity index (χ2v) is 135. The van der Waals surface area contributed by atoms with Crippen molar-refractivity contribution in [2.45, 2.75) is 383 Å². The Balaban J connectivity index is 8.24. The van der Waals surface area contributed by atoms with Crippen LogP contribution in [0.25, 0.3) is 0 Å². The quantitative estimate of drug-likeness (QED) is 0.0420. The van der Waals surface area contributed by atoms with E-state index < -0.39 is 218 Å². The standard InChI is InChI=1S/C61H174O16Si25/c1-62-91(23,24)58-60-102(72-94(29,30)50-41-44-78-67-92(25,26)54-46-80-63-84(2,3)4,73-95(31,32)51-42-45-79-68-93(27,28)55-47-81-64-85(5,6)7)74-96(33,34)52-43-53-100(75-97(35,36)56-48-82-65-86(8,9)10,76-98(37,38)57-49-83-66-87(11,12)13)77-99(39,40)59-61-101(69-88(14,15)16,70-89(17,18)19)71-90(20,21)22/h41-61,78-83H2,1-40H3. The van der Waals surface area contributed by atoms with E-state index in [1.165, 1.54) is 36.3 Å². The molecule has 0 saturated carbocycles. The van der Waals surface area contributed by atoms with Crippen LogP contribution in [0.15, 0.2) is 0 Å². The van der Waals surface area contributed by atoms with Gasteiger partial charge in [-0.05, 0) is 352 Å². The maximum absolute atomic E-state index is 8.24. The Morgan fingerprint density at radius 2 is 0.373 bits per heavy atom. The van der Waals surface area contributed by atoms with Gasteiger partial charge in [0.15, 0.2) is 133 Å². The molecule has 0 unspecified atom stereocenters. The lowest BCUT2D eigenvalue weighted by Crippen LogP contribution is -2.63. The van der Waals surface area contributed by atoms with Crippen molar-refractivity contribution < 1.29 is 66.2 Å². The second kappa shape index (κ2) is 44.4. The van der Waals surface area contributed by atoms with Crippen LogP contribution in [-0.4, -0.2) is 225 Å². The molecule has 0 rings (SSSR count). The second-order valence-electron chi connectivity index (χ2n) is 42.1. The Morgan fingerprint density at radius 3 is 0.627 bits per heavy atom. The van der Waals surface area contributed by atoms with Gasteiger partial charge in [0.05, 0.1) is 0 Å². The molecule has 0 saturated heterocycles. The topological polar surface area (TPSA) is 148 Å². The molecule has 0 heterocycles. The van der Waals surface area contributed by atoms with Crippen LogP contribution in [0.3, 0.4) is 0 Å². The monoisotopic (exact) mass is 1860 g/mol. The summed E-state index contributed by atoms with van der Waals surface area (Å²) in [6.07, 6.45) is 3.13. The summed E-state index contributed by atoms with van der Waals surface area (Å²) in [5.41, 5.74) is 0. The normalized spacial score (nSPS) is 16.8. The average Bonchev–Trinajstić information content (AvgIpc) is 0.792. The van der Waals surface area contributed by atoms with E-state index in [0.717, 1.165) is 91.8 Å². The summed E-state index contributed by atoms with van der Waals surface area (Å²) < 4.78 is 117. The van der Waals surface area contributed by atoms with E-state index in [4.69, 9.17) is 66.2 Å². The lowest BCUT2D eigenvalue weighted by atomic mass is 10.6. The van der Waals surface area contributed by atoms with Crippen LogP contribution < -0.4 is 0 Å². The fraction of sp³-hybridized carbons (Fsp3) is 1.00. The molecule has 0 aliphatic heterocycles.